The first-order valence-electron chi connectivity index (χ1n) is 7.60. The van der Waals surface area contributed by atoms with Crippen LogP contribution in [0.1, 0.15) is 12.0 Å². The molecule has 4 nitrogen and oxygen atoms in total. The molecule has 1 heterocycles. The SMILES string of the molecule is COC(=O)C[C@@H](Cc1cc(F)c(F)cc1F)B1Oc2ccccc2O1. The van der Waals surface area contributed by atoms with E-state index in [1.807, 2.05) is 0 Å². The van der Waals surface area contributed by atoms with Gasteiger partial charge in [0, 0.05) is 18.3 Å². The lowest BCUT2D eigenvalue weighted by Crippen LogP contribution is -2.34. The molecule has 0 N–H and O–H groups in total. The van der Waals surface area contributed by atoms with Crippen LogP contribution < -0.4 is 9.31 Å². The summed E-state index contributed by atoms with van der Waals surface area (Å²) < 4.78 is 56.5. The number of fused-ring (bicyclic) bond motifs is 1. The van der Waals surface area contributed by atoms with E-state index in [-0.39, 0.29) is 18.4 Å². The molecule has 8 heteroatoms. The number of esters is 1. The first kappa shape index (κ1) is 17.2. The lowest BCUT2D eigenvalue weighted by atomic mass is 9.67. The van der Waals surface area contributed by atoms with Crippen molar-refractivity contribution in [1.29, 1.82) is 0 Å². The van der Waals surface area contributed by atoms with E-state index in [9.17, 15) is 18.0 Å². The maximum Gasteiger partial charge on any atom is 0.599 e. The lowest BCUT2D eigenvalue weighted by molar-refractivity contribution is -0.140. The van der Waals surface area contributed by atoms with Crippen molar-refractivity contribution in [3.63, 3.8) is 0 Å². The Bertz CT molecular complexity index is 774. The fourth-order valence-electron chi connectivity index (χ4n) is 2.68. The second-order valence-corrected chi connectivity index (χ2v) is 5.65. The zero-order valence-electron chi connectivity index (χ0n) is 13.3. The molecule has 0 radical (unpaired) electrons. The minimum Gasteiger partial charge on any atom is -0.523 e. The maximum absolute atomic E-state index is 14.0. The molecule has 1 atom stereocenters. The van der Waals surface area contributed by atoms with Gasteiger partial charge in [-0.05, 0) is 30.2 Å². The minimum absolute atomic E-state index is 0.0732. The van der Waals surface area contributed by atoms with Gasteiger partial charge in [-0.25, -0.2) is 13.2 Å². The summed E-state index contributed by atoms with van der Waals surface area (Å²) in [5.41, 5.74) is -0.0732. The monoisotopic (exact) mass is 350 g/mol. The van der Waals surface area contributed by atoms with E-state index in [1.165, 1.54) is 7.11 Å². The van der Waals surface area contributed by atoms with Crippen LogP contribution in [0.3, 0.4) is 0 Å². The molecule has 0 saturated carbocycles. The number of hydrogen-bond acceptors (Lipinski definition) is 4. The highest BCUT2D eigenvalue weighted by molar-refractivity contribution is 6.50. The van der Waals surface area contributed by atoms with Gasteiger partial charge in [-0.3, -0.25) is 4.79 Å². The zero-order valence-corrected chi connectivity index (χ0v) is 13.3. The number of carbonyl (C=O) groups excluding carboxylic acids is 1. The molecule has 130 valence electrons. The second kappa shape index (κ2) is 7.08. The van der Waals surface area contributed by atoms with Crippen molar-refractivity contribution >= 4 is 13.1 Å². The lowest BCUT2D eigenvalue weighted by Gasteiger charge is -2.17. The van der Waals surface area contributed by atoms with E-state index in [2.05, 4.69) is 4.74 Å². The summed E-state index contributed by atoms with van der Waals surface area (Å²) in [5.74, 6) is -3.54. The Labute approximate surface area is 142 Å². The van der Waals surface area contributed by atoms with Gasteiger partial charge in [0.05, 0.1) is 7.11 Å². The van der Waals surface area contributed by atoms with Crippen molar-refractivity contribution in [2.75, 3.05) is 7.11 Å². The Morgan fingerprint density at radius 3 is 2.28 bits per heavy atom. The Kier molecular flexibility index (Phi) is 4.87. The molecule has 0 saturated heterocycles. The number of benzene rings is 2. The smallest absolute Gasteiger partial charge is 0.523 e. The van der Waals surface area contributed by atoms with Gasteiger partial charge in [-0.1, -0.05) is 12.1 Å². The van der Waals surface area contributed by atoms with Crippen molar-refractivity contribution in [2.24, 2.45) is 0 Å². The van der Waals surface area contributed by atoms with Crippen LogP contribution in [0, 0.1) is 17.5 Å². The topological polar surface area (TPSA) is 44.8 Å². The highest BCUT2D eigenvalue weighted by atomic mass is 19.2. The molecular formula is C17H14BF3O4. The van der Waals surface area contributed by atoms with Crippen LogP contribution in [0.25, 0.3) is 0 Å². The van der Waals surface area contributed by atoms with Crippen LogP contribution in [-0.4, -0.2) is 20.2 Å². The summed E-state index contributed by atoms with van der Waals surface area (Å²) >= 11 is 0. The second-order valence-electron chi connectivity index (χ2n) is 5.65. The van der Waals surface area contributed by atoms with Gasteiger partial charge in [0.2, 0.25) is 0 Å². The predicted molar refractivity (Wildman–Crippen MR) is 83.9 cm³/mol. The number of halogens is 3. The molecule has 1 aliphatic rings. The summed E-state index contributed by atoms with van der Waals surface area (Å²) in [4.78, 5) is 11.7. The van der Waals surface area contributed by atoms with Gasteiger partial charge in [-0.2, -0.15) is 0 Å². The summed E-state index contributed by atoms with van der Waals surface area (Å²) in [5, 5.41) is 0. The summed E-state index contributed by atoms with van der Waals surface area (Å²) in [6.07, 6.45) is -0.218. The molecule has 0 aliphatic carbocycles. The quantitative estimate of drug-likeness (QED) is 0.470. The number of ether oxygens (including phenoxy) is 1. The first-order chi connectivity index (χ1) is 12.0. The van der Waals surface area contributed by atoms with Crippen molar-refractivity contribution in [3.05, 3.63) is 59.4 Å². The summed E-state index contributed by atoms with van der Waals surface area (Å²) in [6.45, 7) is 0. The van der Waals surface area contributed by atoms with Gasteiger partial charge < -0.3 is 14.0 Å². The number of rotatable bonds is 5. The number of carbonyl (C=O) groups is 1. The first-order valence-corrected chi connectivity index (χ1v) is 7.60. The molecular weight excluding hydrogens is 336 g/mol. The highest BCUT2D eigenvalue weighted by Gasteiger charge is 2.41. The third-order valence-electron chi connectivity index (χ3n) is 3.95. The fraction of sp³-hybridized carbons (Fsp3) is 0.235. The maximum atomic E-state index is 14.0. The predicted octanol–water partition coefficient (Wildman–Crippen LogP) is 3.54. The number of para-hydroxylation sites is 2. The van der Waals surface area contributed by atoms with Gasteiger partial charge in [0.25, 0.3) is 0 Å². The van der Waals surface area contributed by atoms with E-state index in [0.717, 1.165) is 6.07 Å². The largest absolute Gasteiger partial charge is 0.599 e. The Hall–Kier alpha value is -2.64. The molecule has 3 rings (SSSR count). The van der Waals surface area contributed by atoms with E-state index in [0.29, 0.717) is 17.6 Å². The average molecular weight is 350 g/mol. The van der Waals surface area contributed by atoms with Crippen LogP contribution in [0.15, 0.2) is 36.4 Å². The third kappa shape index (κ3) is 3.73. The van der Waals surface area contributed by atoms with Crippen molar-refractivity contribution in [3.8, 4) is 11.5 Å². The Balaban J connectivity index is 1.84. The van der Waals surface area contributed by atoms with Crippen molar-refractivity contribution in [1.82, 2.24) is 0 Å². The molecule has 2 aromatic carbocycles. The van der Waals surface area contributed by atoms with Crippen LogP contribution in [0.4, 0.5) is 13.2 Å². The highest BCUT2D eigenvalue weighted by Crippen LogP contribution is 2.38. The molecule has 0 aromatic heterocycles. The van der Waals surface area contributed by atoms with E-state index >= 15 is 0 Å². The average Bonchev–Trinajstić information content (AvgIpc) is 3.02. The number of hydrogen-bond donors (Lipinski definition) is 0. The fourth-order valence-corrected chi connectivity index (χ4v) is 2.68. The van der Waals surface area contributed by atoms with Gasteiger partial charge in [0.15, 0.2) is 11.6 Å². The molecule has 0 bridgehead atoms. The minimum atomic E-state index is -1.27. The standard InChI is InChI=1S/C17H14BF3O4/c1-23-17(22)8-11(6-10-7-13(20)14(21)9-12(10)19)18-24-15-4-2-3-5-16(15)25-18/h2-5,7,9,11H,6,8H2,1H3/t11-/m1/s1. The summed E-state index contributed by atoms with van der Waals surface area (Å²) in [6, 6.07) is 8.16. The molecule has 2 aromatic rings. The van der Waals surface area contributed by atoms with Crippen LogP contribution >= 0.6 is 0 Å². The molecule has 1 aliphatic heterocycles. The zero-order chi connectivity index (χ0) is 18.0. The third-order valence-corrected chi connectivity index (χ3v) is 3.95. The molecule has 0 unspecified atom stereocenters. The van der Waals surface area contributed by atoms with E-state index in [4.69, 9.17) is 9.31 Å². The van der Waals surface area contributed by atoms with Gasteiger partial charge in [0.1, 0.15) is 17.3 Å². The van der Waals surface area contributed by atoms with Crippen LogP contribution in [0.5, 0.6) is 11.5 Å². The van der Waals surface area contributed by atoms with E-state index in [1.54, 1.807) is 24.3 Å². The summed E-state index contributed by atoms with van der Waals surface area (Å²) in [7, 11) is 0.354. The molecule has 0 amide bonds. The van der Waals surface area contributed by atoms with Gasteiger partial charge in [-0.15, -0.1) is 0 Å². The molecule has 25 heavy (non-hydrogen) atoms. The van der Waals surface area contributed by atoms with Crippen molar-refractivity contribution < 1.29 is 32.0 Å². The Morgan fingerprint density at radius 2 is 1.68 bits per heavy atom. The molecule has 0 fully saturated rings. The van der Waals surface area contributed by atoms with Crippen LogP contribution in [0.2, 0.25) is 5.82 Å². The Morgan fingerprint density at radius 1 is 1.08 bits per heavy atom. The van der Waals surface area contributed by atoms with Crippen molar-refractivity contribution in [2.45, 2.75) is 18.7 Å². The number of methoxy groups -OCH3 is 1. The molecule has 0 spiro atoms. The van der Waals surface area contributed by atoms with E-state index < -0.39 is 36.4 Å². The van der Waals surface area contributed by atoms with Gasteiger partial charge >= 0.3 is 13.1 Å². The van der Waals surface area contributed by atoms with Crippen LogP contribution in [-0.2, 0) is 16.0 Å². The normalized spacial score (nSPS) is 13.7.